The average Bonchev–Trinajstić information content (AvgIpc) is 3.28. The van der Waals surface area contributed by atoms with Crippen LogP contribution in [0.5, 0.6) is 5.75 Å². The van der Waals surface area contributed by atoms with Gasteiger partial charge in [0.25, 0.3) is 5.91 Å². The SMILES string of the molecule is COc1ccc(-c2cc(C(=O)NCC(=O)O)ccc2Cc2c[nH]c3ccc(C(=N)N)cc23)c(C(=O)O)c1. The third kappa shape index (κ3) is 5.27. The van der Waals surface area contributed by atoms with Crippen LogP contribution in [0.1, 0.15) is 37.4 Å². The number of hydrogen-bond acceptors (Lipinski definition) is 5. The van der Waals surface area contributed by atoms with E-state index in [0.29, 0.717) is 28.9 Å². The molecule has 37 heavy (non-hydrogen) atoms. The Balaban J connectivity index is 1.85. The van der Waals surface area contributed by atoms with E-state index in [1.807, 2.05) is 18.3 Å². The van der Waals surface area contributed by atoms with E-state index in [9.17, 15) is 19.5 Å². The molecular formula is C27H24N4O6. The highest BCUT2D eigenvalue weighted by Crippen LogP contribution is 2.33. The van der Waals surface area contributed by atoms with Gasteiger partial charge in [-0.1, -0.05) is 6.07 Å². The van der Waals surface area contributed by atoms with Crippen molar-refractivity contribution in [2.75, 3.05) is 13.7 Å². The number of aromatic carboxylic acids is 1. The van der Waals surface area contributed by atoms with Crippen LogP contribution in [-0.4, -0.2) is 52.5 Å². The molecule has 0 aliphatic carbocycles. The molecule has 4 aromatic rings. The summed E-state index contributed by atoms with van der Waals surface area (Å²) in [7, 11) is 1.44. The van der Waals surface area contributed by atoms with Crippen molar-refractivity contribution < 1.29 is 29.3 Å². The largest absolute Gasteiger partial charge is 0.497 e. The number of carboxylic acids is 2. The van der Waals surface area contributed by atoms with E-state index in [-0.39, 0.29) is 17.0 Å². The topological polar surface area (TPSA) is 179 Å². The standard InChI is InChI=1S/C27H24N4O6/c1-37-18-5-6-19(22(11-18)27(35)36)20-10-16(26(34)31-13-24(32)33)3-2-14(20)8-17-12-30-23-7-4-15(25(28)29)9-21(17)23/h2-7,9-12,30H,8,13H2,1H3,(H3,28,29)(H,31,34)(H,32,33)(H,35,36). The Morgan fingerprint density at radius 2 is 1.73 bits per heavy atom. The third-order valence-electron chi connectivity index (χ3n) is 5.98. The van der Waals surface area contributed by atoms with E-state index in [1.54, 1.807) is 36.4 Å². The smallest absolute Gasteiger partial charge is 0.336 e. The number of methoxy groups -OCH3 is 1. The van der Waals surface area contributed by atoms with E-state index in [2.05, 4.69) is 10.3 Å². The summed E-state index contributed by atoms with van der Waals surface area (Å²) >= 11 is 0. The van der Waals surface area contributed by atoms with E-state index in [0.717, 1.165) is 22.0 Å². The molecule has 0 aliphatic heterocycles. The molecule has 188 valence electrons. The fraction of sp³-hybridized carbons (Fsp3) is 0.111. The Morgan fingerprint density at radius 3 is 2.41 bits per heavy atom. The number of aliphatic carboxylic acids is 1. The number of nitrogens with one attached hydrogen (secondary N) is 3. The number of aromatic amines is 1. The molecule has 10 heteroatoms. The number of fused-ring (bicyclic) bond motifs is 1. The van der Waals surface area contributed by atoms with Gasteiger partial charge in [-0.25, -0.2) is 4.79 Å². The van der Waals surface area contributed by atoms with E-state index in [1.165, 1.54) is 13.2 Å². The number of rotatable bonds is 9. The number of benzene rings is 3. The molecule has 1 aromatic heterocycles. The molecule has 0 spiro atoms. The molecule has 7 N–H and O–H groups in total. The van der Waals surface area contributed by atoms with Crippen molar-refractivity contribution in [2.45, 2.75) is 6.42 Å². The molecule has 0 unspecified atom stereocenters. The van der Waals surface area contributed by atoms with Gasteiger partial charge in [-0.15, -0.1) is 0 Å². The minimum Gasteiger partial charge on any atom is -0.497 e. The van der Waals surface area contributed by atoms with E-state index in [4.69, 9.17) is 21.0 Å². The molecule has 0 radical (unpaired) electrons. The second kappa shape index (κ2) is 10.2. The van der Waals surface area contributed by atoms with Crippen molar-refractivity contribution in [2.24, 2.45) is 5.73 Å². The summed E-state index contributed by atoms with van der Waals surface area (Å²) < 4.78 is 5.19. The van der Waals surface area contributed by atoms with E-state index < -0.39 is 24.4 Å². The van der Waals surface area contributed by atoms with Crippen LogP contribution in [0.25, 0.3) is 22.0 Å². The Kier molecular flexibility index (Phi) is 6.92. The maximum absolute atomic E-state index is 12.6. The molecule has 3 aromatic carbocycles. The second-order valence-electron chi connectivity index (χ2n) is 8.33. The summed E-state index contributed by atoms with van der Waals surface area (Å²) in [6.45, 7) is -0.549. The van der Waals surface area contributed by atoms with Crippen LogP contribution in [0.3, 0.4) is 0 Å². The molecule has 4 rings (SSSR count). The average molecular weight is 501 g/mol. The van der Waals surface area contributed by atoms with Crippen molar-refractivity contribution >= 4 is 34.6 Å². The van der Waals surface area contributed by atoms with Crippen LogP contribution < -0.4 is 15.8 Å². The number of aromatic nitrogens is 1. The summed E-state index contributed by atoms with van der Waals surface area (Å²) in [4.78, 5) is 38.8. The number of carbonyl (C=O) groups excluding carboxylic acids is 1. The summed E-state index contributed by atoms with van der Waals surface area (Å²) in [6.07, 6.45) is 2.21. The Hall–Kier alpha value is -5.12. The number of hydrogen-bond donors (Lipinski definition) is 6. The van der Waals surface area contributed by atoms with Gasteiger partial charge in [0, 0.05) is 34.6 Å². The molecule has 10 nitrogen and oxygen atoms in total. The first kappa shape index (κ1) is 25.0. The van der Waals surface area contributed by atoms with Crippen LogP contribution in [0.15, 0.2) is 60.8 Å². The van der Waals surface area contributed by atoms with Crippen molar-refractivity contribution in [3.8, 4) is 16.9 Å². The molecule has 0 saturated heterocycles. The third-order valence-corrected chi connectivity index (χ3v) is 5.98. The predicted molar refractivity (Wildman–Crippen MR) is 137 cm³/mol. The molecular weight excluding hydrogens is 476 g/mol. The van der Waals surface area contributed by atoms with Crippen molar-refractivity contribution in [3.63, 3.8) is 0 Å². The molecule has 1 amide bonds. The Labute approximate surface area is 211 Å². The zero-order valence-electron chi connectivity index (χ0n) is 19.8. The van der Waals surface area contributed by atoms with Gasteiger partial charge >= 0.3 is 11.9 Å². The number of nitrogens with two attached hydrogens (primary N) is 1. The maximum atomic E-state index is 12.6. The summed E-state index contributed by atoms with van der Waals surface area (Å²) in [5, 5.41) is 29.7. The minimum atomic E-state index is -1.18. The number of ether oxygens (including phenoxy) is 1. The van der Waals surface area contributed by atoms with Gasteiger partial charge in [-0.05, 0) is 70.8 Å². The first-order chi connectivity index (χ1) is 17.7. The van der Waals surface area contributed by atoms with Crippen LogP contribution in [0, 0.1) is 5.41 Å². The Bertz CT molecular complexity index is 1560. The normalized spacial score (nSPS) is 10.7. The molecule has 1 heterocycles. The van der Waals surface area contributed by atoms with Crippen LogP contribution in [0.2, 0.25) is 0 Å². The lowest BCUT2D eigenvalue weighted by Crippen LogP contribution is -2.29. The number of carboxylic acid groups (broad SMARTS) is 2. The van der Waals surface area contributed by atoms with Gasteiger partial charge < -0.3 is 31.0 Å². The van der Waals surface area contributed by atoms with Gasteiger partial charge in [0.05, 0.1) is 12.7 Å². The lowest BCUT2D eigenvalue weighted by molar-refractivity contribution is -0.135. The lowest BCUT2D eigenvalue weighted by atomic mass is 9.90. The molecule has 0 aliphatic rings. The molecule has 0 bridgehead atoms. The summed E-state index contributed by atoms with van der Waals surface area (Å²) in [5.74, 6) is -2.64. The van der Waals surface area contributed by atoms with Gasteiger partial charge in [-0.2, -0.15) is 0 Å². The lowest BCUT2D eigenvalue weighted by Gasteiger charge is -2.15. The quantitative estimate of drug-likeness (QED) is 0.151. The van der Waals surface area contributed by atoms with Gasteiger partial charge in [0.1, 0.15) is 18.1 Å². The highest BCUT2D eigenvalue weighted by Gasteiger charge is 2.19. The molecule has 0 fully saturated rings. The minimum absolute atomic E-state index is 0.0125. The maximum Gasteiger partial charge on any atom is 0.336 e. The van der Waals surface area contributed by atoms with Crippen molar-refractivity contribution in [1.29, 1.82) is 5.41 Å². The zero-order chi connectivity index (χ0) is 26.7. The number of amidine groups is 1. The number of H-pyrrole nitrogens is 1. The first-order valence-electron chi connectivity index (χ1n) is 11.2. The second-order valence-corrected chi connectivity index (χ2v) is 8.33. The monoisotopic (exact) mass is 500 g/mol. The van der Waals surface area contributed by atoms with Crippen molar-refractivity contribution in [3.05, 3.63) is 88.6 Å². The van der Waals surface area contributed by atoms with Crippen LogP contribution in [-0.2, 0) is 11.2 Å². The van der Waals surface area contributed by atoms with Gasteiger partial charge in [-0.3, -0.25) is 15.0 Å². The Morgan fingerprint density at radius 1 is 0.973 bits per heavy atom. The van der Waals surface area contributed by atoms with Crippen LogP contribution in [0.4, 0.5) is 0 Å². The fourth-order valence-electron chi connectivity index (χ4n) is 4.14. The van der Waals surface area contributed by atoms with Crippen molar-refractivity contribution in [1.82, 2.24) is 10.3 Å². The molecule has 0 atom stereocenters. The number of nitrogen functional groups attached to an aromatic ring is 1. The molecule has 0 saturated carbocycles. The summed E-state index contributed by atoms with van der Waals surface area (Å²) in [5.41, 5.74) is 9.75. The fourth-order valence-corrected chi connectivity index (χ4v) is 4.14. The predicted octanol–water partition coefficient (Wildman–Crippen LogP) is 3.23. The first-order valence-corrected chi connectivity index (χ1v) is 11.2. The zero-order valence-corrected chi connectivity index (χ0v) is 19.8. The number of carbonyl (C=O) groups is 3. The number of amides is 1. The van der Waals surface area contributed by atoms with Gasteiger partial charge in [0.15, 0.2) is 0 Å². The highest BCUT2D eigenvalue weighted by atomic mass is 16.5. The van der Waals surface area contributed by atoms with Crippen LogP contribution >= 0.6 is 0 Å². The van der Waals surface area contributed by atoms with E-state index >= 15 is 0 Å². The highest BCUT2D eigenvalue weighted by molar-refractivity contribution is 6.01. The van der Waals surface area contributed by atoms with Gasteiger partial charge in [0.2, 0.25) is 0 Å². The summed E-state index contributed by atoms with van der Waals surface area (Å²) in [6, 6.07) is 14.9.